The molecule has 0 fully saturated rings. The van der Waals surface area contributed by atoms with Crippen LogP contribution < -0.4 is 10.1 Å². The molecule has 178 valence electrons. The zero-order chi connectivity index (χ0) is 24.4. The standard InChI is InChI=1S/C25H23BrN6O3/c1-3-19-21-24(27-15-29-32(21)23(26)22(19)35-25(33)34-4-2)30-18-10-11-20-17(12-18)13-28-31(20)14-16-8-6-5-7-9-16/h5-13,15H,3-4,14H2,1-2H3,(H,27,29,30). The van der Waals surface area contributed by atoms with Crippen LogP contribution in [0.4, 0.5) is 16.3 Å². The molecule has 1 N–H and O–H groups in total. The van der Waals surface area contributed by atoms with E-state index in [-0.39, 0.29) is 6.61 Å². The molecule has 5 rings (SSSR count). The van der Waals surface area contributed by atoms with Crippen molar-refractivity contribution in [3.8, 4) is 5.75 Å². The molecule has 0 bridgehead atoms. The number of hydrogen-bond acceptors (Lipinski definition) is 7. The Morgan fingerprint density at radius 3 is 2.71 bits per heavy atom. The molecule has 0 aliphatic heterocycles. The summed E-state index contributed by atoms with van der Waals surface area (Å²) in [6.45, 7) is 4.62. The van der Waals surface area contributed by atoms with E-state index in [1.807, 2.05) is 54.2 Å². The van der Waals surface area contributed by atoms with Crippen molar-refractivity contribution in [1.82, 2.24) is 24.4 Å². The first-order valence-corrected chi connectivity index (χ1v) is 12.0. The number of ether oxygens (including phenoxy) is 2. The Labute approximate surface area is 209 Å². The minimum atomic E-state index is -0.765. The average Bonchev–Trinajstić information content (AvgIpc) is 3.38. The Morgan fingerprint density at radius 1 is 1.11 bits per heavy atom. The topological polar surface area (TPSA) is 95.6 Å². The van der Waals surface area contributed by atoms with Crippen LogP contribution in [0, 0.1) is 0 Å². The molecule has 0 saturated carbocycles. The summed E-state index contributed by atoms with van der Waals surface area (Å²) in [5, 5.41) is 13.3. The summed E-state index contributed by atoms with van der Waals surface area (Å²) in [6, 6.07) is 16.3. The molecule has 0 amide bonds. The molecule has 0 unspecified atom stereocenters. The van der Waals surface area contributed by atoms with Crippen LogP contribution in [0.25, 0.3) is 16.4 Å². The minimum absolute atomic E-state index is 0.225. The molecule has 35 heavy (non-hydrogen) atoms. The fourth-order valence-electron chi connectivity index (χ4n) is 4.04. The fraction of sp³-hybridized carbons (Fsp3) is 0.200. The van der Waals surface area contributed by atoms with Gasteiger partial charge in [0.05, 0.1) is 24.9 Å². The zero-order valence-corrected chi connectivity index (χ0v) is 20.8. The Balaban J connectivity index is 1.48. The monoisotopic (exact) mass is 534 g/mol. The van der Waals surface area contributed by atoms with Crippen molar-refractivity contribution >= 4 is 50.0 Å². The fourth-order valence-corrected chi connectivity index (χ4v) is 4.63. The number of nitrogens with zero attached hydrogens (tertiary/aromatic N) is 5. The number of anilines is 2. The molecule has 0 radical (unpaired) electrons. The van der Waals surface area contributed by atoms with Crippen molar-refractivity contribution in [2.45, 2.75) is 26.8 Å². The van der Waals surface area contributed by atoms with Gasteiger partial charge in [0, 0.05) is 16.6 Å². The Morgan fingerprint density at radius 2 is 1.94 bits per heavy atom. The zero-order valence-electron chi connectivity index (χ0n) is 19.2. The highest BCUT2D eigenvalue weighted by Gasteiger charge is 2.24. The van der Waals surface area contributed by atoms with Gasteiger partial charge in [0.25, 0.3) is 0 Å². The van der Waals surface area contributed by atoms with Crippen molar-refractivity contribution in [3.63, 3.8) is 0 Å². The second-order valence-electron chi connectivity index (χ2n) is 7.79. The number of fused-ring (bicyclic) bond motifs is 2. The maximum absolute atomic E-state index is 12.0. The summed E-state index contributed by atoms with van der Waals surface area (Å²) >= 11 is 3.51. The lowest BCUT2D eigenvalue weighted by atomic mass is 10.2. The van der Waals surface area contributed by atoms with Crippen molar-refractivity contribution < 1.29 is 14.3 Å². The van der Waals surface area contributed by atoms with Gasteiger partial charge in [0.15, 0.2) is 16.2 Å². The van der Waals surface area contributed by atoms with E-state index in [1.165, 1.54) is 11.9 Å². The first-order valence-electron chi connectivity index (χ1n) is 11.2. The van der Waals surface area contributed by atoms with Crippen LogP contribution in [0.2, 0.25) is 0 Å². The van der Waals surface area contributed by atoms with Crippen LogP contribution >= 0.6 is 15.9 Å². The number of carbonyl (C=O) groups is 1. The molecule has 10 heteroatoms. The van der Waals surface area contributed by atoms with Gasteiger partial charge in [-0.15, -0.1) is 0 Å². The van der Waals surface area contributed by atoms with E-state index in [9.17, 15) is 4.79 Å². The number of rotatable bonds is 7. The summed E-state index contributed by atoms with van der Waals surface area (Å²) in [5.41, 5.74) is 4.57. The molecular formula is C25H23BrN6O3. The second-order valence-corrected chi connectivity index (χ2v) is 8.54. The van der Waals surface area contributed by atoms with E-state index >= 15 is 0 Å². The summed E-state index contributed by atoms with van der Waals surface area (Å²) < 4.78 is 14.6. The summed E-state index contributed by atoms with van der Waals surface area (Å²) in [4.78, 5) is 16.5. The van der Waals surface area contributed by atoms with Crippen molar-refractivity contribution in [2.75, 3.05) is 11.9 Å². The molecule has 0 spiro atoms. The van der Waals surface area contributed by atoms with Gasteiger partial charge in [-0.05, 0) is 53.0 Å². The lowest BCUT2D eigenvalue weighted by Gasteiger charge is -2.09. The Bertz CT molecular complexity index is 1510. The van der Waals surface area contributed by atoms with Crippen molar-refractivity contribution in [2.24, 2.45) is 0 Å². The van der Waals surface area contributed by atoms with Gasteiger partial charge in [0.1, 0.15) is 11.8 Å². The highest BCUT2D eigenvalue weighted by molar-refractivity contribution is 9.10. The molecule has 3 aromatic heterocycles. The molecule has 2 aromatic carbocycles. The van der Waals surface area contributed by atoms with Gasteiger partial charge in [-0.3, -0.25) is 4.68 Å². The lowest BCUT2D eigenvalue weighted by molar-refractivity contribution is 0.104. The number of aryl methyl sites for hydroxylation is 1. The van der Waals surface area contributed by atoms with E-state index in [1.54, 1.807) is 11.4 Å². The number of benzene rings is 2. The van der Waals surface area contributed by atoms with E-state index in [2.05, 4.69) is 48.6 Å². The first kappa shape index (κ1) is 22.9. The third-order valence-electron chi connectivity index (χ3n) is 5.60. The van der Waals surface area contributed by atoms with Gasteiger partial charge in [-0.1, -0.05) is 37.3 Å². The predicted octanol–water partition coefficient (Wildman–Crippen LogP) is 5.73. The molecule has 0 aliphatic carbocycles. The molecule has 9 nitrogen and oxygen atoms in total. The summed E-state index contributed by atoms with van der Waals surface area (Å²) in [5.74, 6) is 0.958. The Kier molecular flexibility index (Phi) is 6.37. The van der Waals surface area contributed by atoms with E-state index in [0.29, 0.717) is 34.7 Å². The summed E-state index contributed by atoms with van der Waals surface area (Å²) in [6.07, 6.45) is 3.14. The first-order chi connectivity index (χ1) is 17.1. The lowest BCUT2D eigenvalue weighted by Crippen LogP contribution is -2.10. The quantitative estimate of drug-likeness (QED) is 0.266. The molecule has 5 aromatic rings. The van der Waals surface area contributed by atoms with Gasteiger partial charge in [0.2, 0.25) is 0 Å². The van der Waals surface area contributed by atoms with Gasteiger partial charge in [-0.2, -0.15) is 10.2 Å². The van der Waals surface area contributed by atoms with E-state index in [4.69, 9.17) is 9.47 Å². The van der Waals surface area contributed by atoms with Crippen LogP contribution in [-0.4, -0.2) is 37.1 Å². The SMILES string of the molecule is CCOC(=O)Oc1c(CC)c2c(Nc3ccc4c(cnn4Cc4ccccc4)c3)ncnn2c1Br. The highest BCUT2D eigenvalue weighted by atomic mass is 79.9. The molecular weight excluding hydrogens is 512 g/mol. The van der Waals surface area contributed by atoms with E-state index in [0.717, 1.165) is 22.2 Å². The third-order valence-corrected chi connectivity index (χ3v) is 6.30. The van der Waals surface area contributed by atoms with Crippen molar-refractivity contribution in [1.29, 1.82) is 0 Å². The third kappa shape index (κ3) is 4.44. The highest BCUT2D eigenvalue weighted by Crippen LogP contribution is 2.38. The maximum Gasteiger partial charge on any atom is 0.513 e. The molecule has 0 atom stereocenters. The number of nitrogens with one attached hydrogen (secondary N) is 1. The number of aromatic nitrogens is 5. The predicted molar refractivity (Wildman–Crippen MR) is 136 cm³/mol. The van der Waals surface area contributed by atoms with E-state index < -0.39 is 6.16 Å². The van der Waals surface area contributed by atoms with Crippen LogP contribution in [0.1, 0.15) is 25.0 Å². The number of halogens is 1. The molecule has 3 heterocycles. The average molecular weight is 535 g/mol. The van der Waals surface area contributed by atoms with Crippen LogP contribution in [0.15, 0.2) is 65.7 Å². The van der Waals surface area contributed by atoms with Gasteiger partial charge >= 0.3 is 6.16 Å². The van der Waals surface area contributed by atoms with Crippen LogP contribution in [0.3, 0.4) is 0 Å². The van der Waals surface area contributed by atoms with Crippen LogP contribution in [-0.2, 0) is 17.7 Å². The van der Waals surface area contributed by atoms with Gasteiger partial charge in [-0.25, -0.2) is 14.3 Å². The molecule has 0 aliphatic rings. The van der Waals surface area contributed by atoms with Crippen LogP contribution in [0.5, 0.6) is 5.75 Å². The van der Waals surface area contributed by atoms with Gasteiger partial charge < -0.3 is 14.8 Å². The minimum Gasteiger partial charge on any atom is -0.434 e. The number of hydrogen-bond donors (Lipinski definition) is 1. The normalized spacial score (nSPS) is 11.2. The van der Waals surface area contributed by atoms with Crippen molar-refractivity contribution in [3.05, 3.63) is 76.8 Å². The molecule has 0 saturated heterocycles. The maximum atomic E-state index is 12.0. The Hall–Kier alpha value is -3.92. The second kappa shape index (κ2) is 9.75. The largest absolute Gasteiger partial charge is 0.513 e. The number of carbonyl (C=O) groups excluding carboxylic acids is 1. The smallest absolute Gasteiger partial charge is 0.434 e. The summed E-state index contributed by atoms with van der Waals surface area (Å²) in [7, 11) is 0.